The molecule has 0 aliphatic rings. The van der Waals surface area contributed by atoms with Crippen molar-refractivity contribution in [3.63, 3.8) is 0 Å². The Morgan fingerprint density at radius 2 is 1.95 bits per heavy atom. The minimum Gasteiger partial charge on any atom is -0.441 e. The topological polar surface area (TPSA) is 38.1 Å². The number of benzene rings is 2. The van der Waals surface area contributed by atoms with Crippen LogP contribution in [0.1, 0.15) is 12.3 Å². The minimum atomic E-state index is 0.799. The first-order chi connectivity index (χ1) is 9.81. The summed E-state index contributed by atoms with van der Waals surface area (Å²) in [6.07, 6.45) is 1.83. The van der Waals surface area contributed by atoms with Crippen molar-refractivity contribution in [3.8, 4) is 0 Å². The van der Waals surface area contributed by atoms with Crippen molar-refractivity contribution in [2.75, 3.05) is 11.9 Å². The second kappa shape index (κ2) is 6.09. The Morgan fingerprint density at radius 3 is 2.80 bits per heavy atom. The Labute approximate surface area is 126 Å². The Hall–Kier alpha value is -1.81. The highest BCUT2D eigenvalue weighted by molar-refractivity contribution is 9.10. The molecule has 2 aromatic carbocycles. The molecule has 0 radical (unpaired) electrons. The predicted octanol–water partition coefficient (Wildman–Crippen LogP) is 4.64. The summed E-state index contributed by atoms with van der Waals surface area (Å²) in [6.45, 7) is 0.909. The molecule has 1 aromatic heterocycles. The largest absolute Gasteiger partial charge is 0.441 e. The van der Waals surface area contributed by atoms with Gasteiger partial charge in [-0.3, -0.25) is 0 Å². The van der Waals surface area contributed by atoms with E-state index in [0.717, 1.165) is 46.5 Å². The van der Waals surface area contributed by atoms with Gasteiger partial charge in [-0.05, 0) is 36.8 Å². The van der Waals surface area contributed by atoms with Crippen molar-refractivity contribution in [3.05, 3.63) is 58.9 Å². The summed E-state index contributed by atoms with van der Waals surface area (Å²) in [4.78, 5) is 4.49. The molecule has 1 N–H and O–H groups in total. The fourth-order valence-electron chi connectivity index (χ4n) is 2.08. The molecule has 0 aliphatic carbocycles. The first kappa shape index (κ1) is 13.2. The number of rotatable bonds is 5. The highest BCUT2D eigenvalue weighted by atomic mass is 79.9. The van der Waals surface area contributed by atoms with Gasteiger partial charge in [0, 0.05) is 23.1 Å². The van der Waals surface area contributed by atoms with Crippen LogP contribution in [0.15, 0.2) is 57.4 Å². The van der Waals surface area contributed by atoms with Gasteiger partial charge >= 0.3 is 0 Å². The van der Waals surface area contributed by atoms with Crippen LogP contribution in [0, 0.1) is 0 Å². The first-order valence-electron chi connectivity index (χ1n) is 6.65. The highest BCUT2D eigenvalue weighted by Gasteiger charge is 2.05. The standard InChI is InChI=1S/C16H15BrN2O/c17-12-8-9-15-14(11-12)19-16(20-15)7-4-10-18-13-5-2-1-3-6-13/h1-3,5-6,8-9,11,18H,4,7,10H2. The molecule has 0 atom stereocenters. The smallest absolute Gasteiger partial charge is 0.195 e. The molecule has 0 spiro atoms. The van der Waals surface area contributed by atoms with Crippen molar-refractivity contribution >= 4 is 32.7 Å². The van der Waals surface area contributed by atoms with E-state index >= 15 is 0 Å². The number of nitrogens with one attached hydrogen (secondary N) is 1. The number of hydrogen-bond acceptors (Lipinski definition) is 3. The lowest BCUT2D eigenvalue weighted by Crippen LogP contribution is -2.02. The number of aromatic nitrogens is 1. The van der Waals surface area contributed by atoms with Crippen LogP contribution in [0.3, 0.4) is 0 Å². The first-order valence-corrected chi connectivity index (χ1v) is 7.44. The zero-order chi connectivity index (χ0) is 13.8. The quantitative estimate of drug-likeness (QED) is 0.693. The Kier molecular flexibility index (Phi) is 4.02. The molecule has 3 rings (SSSR count). The summed E-state index contributed by atoms with van der Waals surface area (Å²) >= 11 is 3.44. The van der Waals surface area contributed by atoms with Crippen LogP contribution in [-0.2, 0) is 6.42 Å². The number of oxazole rings is 1. The maximum atomic E-state index is 5.72. The fraction of sp³-hybridized carbons (Fsp3) is 0.188. The van der Waals surface area contributed by atoms with Crippen molar-refractivity contribution < 1.29 is 4.42 Å². The molecule has 3 aromatic rings. The maximum Gasteiger partial charge on any atom is 0.195 e. The number of anilines is 1. The molecule has 102 valence electrons. The number of fused-ring (bicyclic) bond motifs is 1. The molecule has 0 aliphatic heterocycles. The number of para-hydroxylation sites is 1. The molecule has 4 heteroatoms. The van der Waals surface area contributed by atoms with Crippen LogP contribution in [-0.4, -0.2) is 11.5 Å². The van der Waals surface area contributed by atoms with Gasteiger partial charge in [-0.25, -0.2) is 4.98 Å². The minimum absolute atomic E-state index is 0.799. The molecule has 1 heterocycles. The molecule has 20 heavy (non-hydrogen) atoms. The summed E-state index contributed by atoms with van der Waals surface area (Å²) in [5, 5.41) is 3.38. The Morgan fingerprint density at radius 1 is 1.10 bits per heavy atom. The Balaban J connectivity index is 1.55. The van der Waals surface area contributed by atoms with Crippen LogP contribution in [0.2, 0.25) is 0 Å². The molecular formula is C16H15BrN2O. The van der Waals surface area contributed by atoms with Crippen LogP contribution in [0.25, 0.3) is 11.1 Å². The number of nitrogens with zero attached hydrogens (tertiary/aromatic N) is 1. The van der Waals surface area contributed by atoms with E-state index in [0.29, 0.717) is 0 Å². The second-order valence-electron chi connectivity index (χ2n) is 4.62. The predicted molar refractivity (Wildman–Crippen MR) is 85.0 cm³/mol. The maximum absolute atomic E-state index is 5.72. The number of aryl methyl sites for hydroxylation is 1. The highest BCUT2D eigenvalue weighted by Crippen LogP contribution is 2.20. The number of halogens is 1. The summed E-state index contributed by atoms with van der Waals surface area (Å²) in [5.41, 5.74) is 2.90. The van der Waals surface area contributed by atoms with Gasteiger partial charge in [0.2, 0.25) is 0 Å². The van der Waals surface area contributed by atoms with Crippen LogP contribution >= 0.6 is 15.9 Å². The lowest BCUT2D eigenvalue weighted by Gasteiger charge is -2.04. The molecule has 0 bridgehead atoms. The van der Waals surface area contributed by atoms with Gasteiger partial charge in [0.1, 0.15) is 5.52 Å². The average molecular weight is 331 g/mol. The molecule has 0 saturated heterocycles. The summed E-state index contributed by atoms with van der Waals surface area (Å²) < 4.78 is 6.74. The molecule has 0 amide bonds. The van der Waals surface area contributed by atoms with Gasteiger partial charge in [-0.2, -0.15) is 0 Å². The van der Waals surface area contributed by atoms with E-state index < -0.39 is 0 Å². The van der Waals surface area contributed by atoms with Crippen molar-refractivity contribution in [2.45, 2.75) is 12.8 Å². The van der Waals surface area contributed by atoms with E-state index in [1.165, 1.54) is 0 Å². The van der Waals surface area contributed by atoms with Crippen LogP contribution < -0.4 is 5.32 Å². The normalized spacial score (nSPS) is 10.8. The summed E-state index contributed by atoms with van der Waals surface area (Å²) in [6, 6.07) is 16.1. The summed E-state index contributed by atoms with van der Waals surface area (Å²) in [5.74, 6) is 0.799. The third kappa shape index (κ3) is 3.20. The molecule has 0 fully saturated rings. The van der Waals surface area contributed by atoms with E-state index in [-0.39, 0.29) is 0 Å². The lowest BCUT2D eigenvalue weighted by atomic mass is 10.3. The van der Waals surface area contributed by atoms with E-state index in [1.807, 2.05) is 36.4 Å². The Bertz CT molecular complexity index is 694. The number of hydrogen-bond donors (Lipinski definition) is 1. The van der Waals surface area contributed by atoms with Crippen molar-refractivity contribution in [2.24, 2.45) is 0 Å². The molecule has 3 nitrogen and oxygen atoms in total. The average Bonchev–Trinajstić information content (AvgIpc) is 2.86. The van der Waals surface area contributed by atoms with E-state index in [9.17, 15) is 0 Å². The van der Waals surface area contributed by atoms with Crippen molar-refractivity contribution in [1.29, 1.82) is 0 Å². The zero-order valence-electron chi connectivity index (χ0n) is 11.0. The molecular weight excluding hydrogens is 316 g/mol. The third-order valence-electron chi connectivity index (χ3n) is 3.06. The van der Waals surface area contributed by atoms with Gasteiger partial charge in [0.05, 0.1) is 0 Å². The molecule has 0 unspecified atom stereocenters. The van der Waals surface area contributed by atoms with Gasteiger partial charge in [-0.15, -0.1) is 0 Å². The summed E-state index contributed by atoms with van der Waals surface area (Å²) in [7, 11) is 0. The van der Waals surface area contributed by atoms with Gasteiger partial charge in [-0.1, -0.05) is 34.1 Å². The van der Waals surface area contributed by atoms with Crippen molar-refractivity contribution in [1.82, 2.24) is 4.98 Å². The SMILES string of the molecule is Brc1ccc2oc(CCCNc3ccccc3)nc2c1. The lowest BCUT2D eigenvalue weighted by molar-refractivity contribution is 0.523. The van der Waals surface area contributed by atoms with Gasteiger partial charge in [0.15, 0.2) is 11.5 Å². The van der Waals surface area contributed by atoms with E-state index in [2.05, 4.69) is 38.4 Å². The van der Waals surface area contributed by atoms with Gasteiger partial charge < -0.3 is 9.73 Å². The van der Waals surface area contributed by atoms with E-state index in [4.69, 9.17) is 4.42 Å². The zero-order valence-corrected chi connectivity index (χ0v) is 12.6. The van der Waals surface area contributed by atoms with Gasteiger partial charge in [0.25, 0.3) is 0 Å². The van der Waals surface area contributed by atoms with Crippen LogP contribution in [0.4, 0.5) is 5.69 Å². The monoisotopic (exact) mass is 330 g/mol. The molecule has 0 saturated carbocycles. The van der Waals surface area contributed by atoms with Crippen LogP contribution in [0.5, 0.6) is 0 Å². The fourth-order valence-corrected chi connectivity index (χ4v) is 2.43. The third-order valence-corrected chi connectivity index (χ3v) is 3.56. The van der Waals surface area contributed by atoms with E-state index in [1.54, 1.807) is 0 Å². The second-order valence-corrected chi connectivity index (χ2v) is 5.53.